The third-order valence-corrected chi connectivity index (χ3v) is 6.91. The van der Waals surface area contributed by atoms with Crippen LogP contribution in [-0.2, 0) is 32.5 Å². The van der Waals surface area contributed by atoms with Gasteiger partial charge in [-0.15, -0.1) is 11.8 Å². The first-order valence-electron chi connectivity index (χ1n) is 7.73. The number of thioether (sulfide) groups is 1. The van der Waals surface area contributed by atoms with Gasteiger partial charge in [-0.05, 0) is 24.5 Å². The maximum absolute atomic E-state index is 11.8. The van der Waals surface area contributed by atoms with Gasteiger partial charge >= 0.3 is 0 Å². The van der Waals surface area contributed by atoms with E-state index in [-0.39, 0.29) is 22.7 Å². The van der Waals surface area contributed by atoms with E-state index in [4.69, 9.17) is 4.74 Å². The minimum absolute atomic E-state index is 0.0577. The fourth-order valence-corrected chi connectivity index (χ4v) is 5.78. The lowest BCUT2D eigenvalue weighted by Crippen LogP contribution is -2.25. The molecule has 0 radical (unpaired) electrons. The summed E-state index contributed by atoms with van der Waals surface area (Å²) in [6.07, 6.45) is 0.654. The Hall–Kier alpha value is -1.05. The first-order chi connectivity index (χ1) is 11.0. The summed E-state index contributed by atoms with van der Waals surface area (Å²) in [6, 6.07) is 7.95. The predicted molar refractivity (Wildman–Crippen MR) is 93.1 cm³/mol. The molecule has 1 N–H and O–H groups in total. The van der Waals surface area contributed by atoms with Gasteiger partial charge in [0.15, 0.2) is 9.84 Å². The van der Waals surface area contributed by atoms with Gasteiger partial charge in [0.25, 0.3) is 0 Å². The van der Waals surface area contributed by atoms with Gasteiger partial charge in [0.1, 0.15) is 0 Å². The molecule has 5 nitrogen and oxygen atoms in total. The molecule has 0 aliphatic carbocycles. The van der Waals surface area contributed by atoms with Crippen molar-refractivity contribution in [3.8, 4) is 0 Å². The summed E-state index contributed by atoms with van der Waals surface area (Å²) in [7, 11) is -2.87. The highest BCUT2D eigenvalue weighted by Gasteiger charge is 2.28. The molecular formula is C16H23NO4S2. The highest BCUT2D eigenvalue weighted by molar-refractivity contribution is 8.02. The Labute approximate surface area is 142 Å². The van der Waals surface area contributed by atoms with Crippen molar-refractivity contribution in [1.29, 1.82) is 0 Å². The molecule has 0 saturated carbocycles. The third-order valence-electron chi connectivity index (χ3n) is 3.63. The van der Waals surface area contributed by atoms with E-state index >= 15 is 0 Å². The smallest absolute Gasteiger partial charge is 0.230 e. The normalized spacial score (nSPS) is 19.6. The van der Waals surface area contributed by atoms with Crippen molar-refractivity contribution in [2.24, 2.45) is 0 Å². The van der Waals surface area contributed by atoms with Crippen LogP contribution in [0.5, 0.6) is 0 Å². The molecule has 1 atom stereocenters. The predicted octanol–water partition coefficient (Wildman–Crippen LogP) is 1.76. The van der Waals surface area contributed by atoms with Crippen LogP contribution in [-0.4, -0.2) is 43.4 Å². The largest absolute Gasteiger partial charge is 0.377 e. The van der Waals surface area contributed by atoms with Crippen LogP contribution in [0.15, 0.2) is 24.3 Å². The zero-order valence-corrected chi connectivity index (χ0v) is 14.9. The second-order valence-corrected chi connectivity index (χ2v) is 9.08. The molecule has 1 heterocycles. The van der Waals surface area contributed by atoms with E-state index in [1.165, 1.54) is 11.8 Å². The molecule has 0 bridgehead atoms. The second-order valence-electron chi connectivity index (χ2n) is 5.57. The number of hydrogen-bond donors (Lipinski definition) is 1. The highest BCUT2D eigenvalue weighted by atomic mass is 32.2. The van der Waals surface area contributed by atoms with Crippen molar-refractivity contribution in [3.05, 3.63) is 35.4 Å². The summed E-state index contributed by atoms with van der Waals surface area (Å²) in [4.78, 5) is 11.8. The first-order valence-corrected chi connectivity index (χ1v) is 10.6. The molecule has 0 unspecified atom stereocenters. The second kappa shape index (κ2) is 8.70. The molecule has 7 heteroatoms. The van der Waals surface area contributed by atoms with Crippen LogP contribution in [0.25, 0.3) is 0 Å². The molecule has 1 amide bonds. The van der Waals surface area contributed by atoms with Gasteiger partial charge in [-0.3, -0.25) is 4.79 Å². The minimum Gasteiger partial charge on any atom is -0.377 e. The number of ether oxygens (including phenoxy) is 1. The summed E-state index contributed by atoms with van der Waals surface area (Å²) in [5, 5.41) is 2.92. The number of nitrogens with one attached hydrogen (secondary N) is 1. The average molecular weight is 357 g/mol. The van der Waals surface area contributed by atoms with Crippen molar-refractivity contribution in [2.75, 3.05) is 23.9 Å². The van der Waals surface area contributed by atoms with E-state index in [9.17, 15) is 13.2 Å². The zero-order chi connectivity index (χ0) is 16.7. The van der Waals surface area contributed by atoms with Crippen LogP contribution < -0.4 is 5.32 Å². The molecule has 23 heavy (non-hydrogen) atoms. The Kier molecular flexibility index (Phi) is 6.92. The van der Waals surface area contributed by atoms with Gasteiger partial charge in [-0.2, -0.15) is 0 Å². The van der Waals surface area contributed by atoms with Crippen molar-refractivity contribution < 1.29 is 17.9 Å². The van der Waals surface area contributed by atoms with Crippen LogP contribution in [0.3, 0.4) is 0 Å². The van der Waals surface area contributed by atoms with Crippen molar-refractivity contribution >= 4 is 27.5 Å². The fourth-order valence-electron chi connectivity index (χ4n) is 2.31. The highest BCUT2D eigenvalue weighted by Crippen LogP contribution is 2.23. The van der Waals surface area contributed by atoms with Crippen LogP contribution in [0, 0.1) is 0 Å². The number of carbonyl (C=O) groups is 1. The average Bonchev–Trinajstić information content (AvgIpc) is 2.89. The minimum atomic E-state index is -2.87. The summed E-state index contributed by atoms with van der Waals surface area (Å²) in [5.74, 6) is 0.701. The van der Waals surface area contributed by atoms with Crippen LogP contribution >= 0.6 is 11.8 Å². The number of rotatable bonds is 8. The topological polar surface area (TPSA) is 72.5 Å². The summed E-state index contributed by atoms with van der Waals surface area (Å²) < 4.78 is 28.1. The third kappa shape index (κ3) is 6.53. The number of amides is 1. The van der Waals surface area contributed by atoms with Crippen molar-refractivity contribution in [2.45, 2.75) is 31.7 Å². The van der Waals surface area contributed by atoms with E-state index in [0.717, 1.165) is 11.1 Å². The van der Waals surface area contributed by atoms with Crippen molar-refractivity contribution in [3.63, 3.8) is 0 Å². The van der Waals surface area contributed by atoms with E-state index in [2.05, 4.69) is 5.32 Å². The molecule has 1 aliphatic heterocycles. The van der Waals surface area contributed by atoms with Crippen LogP contribution in [0.4, 0.5) is 0 Å². The molecule has 0 spiro atoms. The van der Waals surface area contributed by atoms with E-state index in [0.29, 0.717) is 31.9 Å². The van der Waals surface area contributed by atoms with E-state index < -0.39 is 9.84 Å². The molecular weight excluding hydrogens is 334 g/mol. The lowest BCUT2D eigenvalue weighted by atomic mass is 10.1. The number of carbonyl (C=O) groups excluding carboxylic acids is 1. The van der Waals surface area contributed by atoms with E-state index in [1.807, 2.05) is 31.2 Å². The molecule has 2 rings (SSSR count). The lowest BCUT2D eigenvalue weighted by molar-refractivity contribution is -0.118. The fraction of sp³-hybridized carbons (Fsp3) is 0.562. The standard InChI is InChI=1S/C16H23NO4S2/c1-2-21-10-14-5-3-13(4-6-14)9-17-16(18)11-22-15-7-8-23(19,20)12-15/h3-6,15H,2,7-12H2,1H3,(H,17,18)/t15-/m1/s1. The van der Waals surface area contributed by atoms with Gasteiger partial charge in [-0.25, -0.2) is 8.42 Å². The summed E-state index contributed by atoms with van der Waals surface area (Å²) >= 11 is 1.43. The quantitative estimate of drug-likeness (QED) is 0.767. The Morgan fingerprint density at radius 2 is 2.00 bits per heavy atom. The molecule has 1 aliphatic rings. The monoisotopic (exact) mass is 357 g/mol. The summed E-state index contributed by atoms with van der Waals surface area (Å²) in [6.45, 7) is 3.74. The molecule has 1 saturated heterocycles. The van der Waals surface area contributed by atoms with Gasteiger partial charge in [0, 0.05) is 18.4 Å². The molecule has 1 aromatic rings. The Balaban J connectivity index is 1.68. The van der Waals surface area contributed by atoms with Crippen LogP contribution in [0.1, 0.15) is 24.5 Å². The summed E-state index contributed by atoms with van der Waals surface area (Å²) in [5.41, 5.74) is 2.15. The Morgan fingerprint density at radius 3 is 2.61 bits per heavy atom. The molecule has 0 aromatic heterocycles. The van der Waals surface area contributed by atoms with Gasteiger partial charge < -0.3 is 10.1 Å². The molecule has 128 valence electrons. The van der Waals surface area contributed by atoms with E-state index in [1.54, 1.807) is 0 Å². The molecule has 1 fully saturated rings. The Bertz CT molecular complexity index is 613. The maximum atomic E-state index is 11.8. The van der Waals surface area contributed by atoms with Crippen LogP contribution in [0.2, 0.25) is 0 Å². The lowest BCUT2D eigenvalue weighted by Gasteiger charge is -2.09. The molecule has 1 aromatic carbocycles. The van der Waals surface area contributed by atoms with Gasteiger partial charge in [0.2, 0.25) is 5.91 Å². The van der Waals surface area contributed by atoms with Gasteiger partial charge in [0.05, 0.1) is 23.9 Å². The van der Waals surface area contributed by atoms with Gasteiger partial charge in [-0.1, -0.05) is 24.3 Å². The Morgan fingerprint density at radius 1 is 1.30 bits per heavy atom. The zero-order valence-electron chi connectivity index (χ0n) is 13.3. The van der Waals surface area contributed by atoms with Crippen molar-refractivity contribution in [1.82, 2.24) is 5.32 Å². The number of hydrogen-bond acceptors (Lipinski definition) is 5. The maximum Gasteiger partial charge on any atom is 0.230 e. The number of sulfone groups is 1. The SMILES string of the molecule is CCOCc1ccc(CNC(=O)CS[C@@H]2CCS(=O)(=O)C2)cc1. The first kappa shape index (κ1) is 18.3. The number of benzene rings is 1.